The highest BCUT2D eigenvalue weighted by Gasteiger charge is 2.46. The van der Waals surface area contributed by atoms with Gasteiger partial charge in [-0.05, 0) is 52.5 Å². The summed E-state index contributed by atoms with van der Waals surface area (Å²) in [5, 5.41) is 0. The fourth-order valence-corrected chi connectivity index (χ4v) is 2.88. The summed E-state index contributed by atoms with van der Waals surface area (Å²) in [6.45, 7) is 6.63. The van der Waals surface area contributed by atoms with Gasteiger partial charge in [0.25, 0.3) is 0 Å². The molecule has 2 aliphatic rings. The molecule has 1 aliphatic carbocycles. The van der Waals surface area contributed by atoms with Crippen molar-refractivity contribution < 1.29 is 0 Å². The second kappa shape index (κ2) is 2.96. The topological polar surface area (TPSA) is 29.3 Å². The van der Waals surface area contributed by atoms with Crippen molar-refractivity contribution >= 4 is 0 Å². The first-order valence-corrected chi connectivity index (χ1v) is 5.56. The van der Waals surface area contributed by atoms with Gasteiger partial charge in [-0.3, -0.25) is 4.90 Å². The van der Waals surface area contributed by atoms with Crippen LogP contribution in [-0.2, 0) is 0 Å². The largest absolute Gasteiger partial charge is 0.324 e. The van der Waals surface area contributed by atoms with E-state index in [0.29, 0.717) is 5.54 Å². The standard InChI is InChI=1S/C11H22N2/c1-10(2,12)9-13-8-4-7-11(13)5-3-6-11/h3-9,12H2,1-2H3. The molecule has 1 heterocycles. The van der Waals surface area contributed by atoms with Crippen LogP contribution in [0.5, 0.6) is 0 Å². The summed E-state index contributed by atoms with van der Waals surface area (Å²) in [4.78, 5) is 2.65. The minimum absolute atomic E-state index is 0.0209. The molecule has 2 N–H and O–H groups in total. The maximum absolute atomic E-state index is 6.07. The van der Waals surface area contributed by atoms with Crippen molar-refractivity contribution in [3.8, 4) is 0 Å². The fourth-order valence-electron chi connectivity index (χ4n) is 2.88. The van der Waals surface area contributed by atoms with Gasteiger partial charge in [-0.2, -0.15) is 0 Å². The third kappa shape index (κ3) is 1.75. The van der Waals surface area contributed by atoms with E-state index < -0.39 is 0 Å². The summed E-state index contributed by atoms with van der Waals surface area (Å²) in [5.41, 5.74) is 6.65. The highest BCUT2D eigenvalue weighted by Crippen LogP contribution is 2.45. The van der Waals surface area contributed by atoms with E-state index in [4.69, 9.17) is 5.73 Å². The molecule has 2 rings (SSSR count). The summed E-state index contributed by atoms with van der Waals surface area (Å²) in [5.74, 6) is 0. The van der Waals surface area contributed by atoms with E-state index in [1.165, 1.54) is 38.6 Å². The van der Waals surface area contributed by atoms with Crippen LogP contribution in [0.25, 0.3) is 0 Å². The second-order valence-electron chi connectivity index (χ2n) is 5.59. The Hall–Kier alpha value is -0.0800. The van der Waals surface area contributed by atoms with E-state index in [-0.39, 0.29) is 5.54 Å². The van der Waals surface area contributed by atoms with Crippen molar-refractivity contribution in [1.82, 2.24) is 4.90 Å². The average Bonchev–Trinajstić information content (AvgIpc) is 2.25. The van der Waals surface area contributed by atoms with Crippen molar-refractivity contribution in [1.29, 1.82) is 0 Å². The van der Waals surface area contributed by atoms with Crippen LogP contribution in [0.15, 0.2) is 0 Å². The Morgan fingerprint density at radius 1 is 1.23 bits per heavy atom. The summed E-state index contributed by atoms with van der Waals surface area (Å²) >= 11 is 0. The minimum Gasteiger partial charge on any atom is -0.324 e. The SMILES string of the molecule is CC(C)(N)CN1CCCC12CCC2. The van der Waals surface area contributed by atoms with Crippen molar-refractivity contribution in [3.05, 3.63) is 0 Å². The van der Waals surface area contributed by atoms with Gasteiger partial charge >= 0.3 is 0 Å². The van der Waals surface area contributed by atoms with Crippen molar-refractivity contribution in [2.24, 2.45) is 5.73 Å². The first-order chi connectivity index (χ1) is 6.02. The first-order valence-electron chi connectivity index (χ1n) is 5.56. The monoisotopic (exact) mass is 182 g/mol. The van der Waals surface area contributed by atoms with Crippen molar-refractivity contribution in [2.45, 2.75) is 57.0 Å². The predicted octanol–water partition coefficient (Wildman–Crippen LogP) is 1.74. The molecule has 1 aliphatic heterocycles. The first kappa shape index (κ1) is 9.47. The lowest BCUT2D eigenvalue weighted by molar-refractivity contribution is 0.0420. The second-order valence-corrected chi connectivity index (χ2v) is 5.59. The zero-order chi connectivity index (χ0) is 9.53. The van der Waals surface area contributed by atoms with Gasteiger partial charge in [0, 0.05) is 17.6 Å². The molecule has 0 aromatic carbocycles. The van der Waals surface area contributed by atoms with Crippen LogP contribution in [-0.4, -0.2) is 29.1 Å². The Bertz CT molecular complexity index is 189. The average molecular weight is 182 g/mol. The molecule has 2 heteroatoms. The molecule has 2 fully saturated rings. The predicted molar refractivity (Wildman–Crippen MR) is 55.7 cm³/mol. The van der Waals surface area contributed by atoms with Gasteiger partial charge in [-0.25, -0.2) is 0 Å². The lowest BCUT2D eigenvalue weighted by Crippen LogP contribution is -2.55. The van der Waals surface area contributed by atoms with Gasteiger partial charge in [-0.1, -0.05) is 0 Å². The van der Waals surface area contributed by atoms with Gasteiger partial charge in [-0.15, -0.1) is 0 Å². The fraction of sp³-hybridized carbons (Fsp3) is 1.00. The van der Waals surface area contributed by atoms with Crippen LogP contribution in [0.4, 0.5) is 0 Å². The number of nitrogens with zero attached hydrogens (tertiary/aromatic N) is 1. The van der Waals surface area contributed by atoms with E-state index >= 15 is 0 Å². The Morgan fingerprint density at radius 2 is 1.85 bits per heavy atom. The van der Waals surface area contributed by atoms with E-state index in [1.807, 2.05) is 0 Å². The Kier molecular flexibility index (Phi) is 2.16. The molecule has 0 unspecified atom stereocenters. The van der Waals surface area contributed by atoms with Gasteiger partial charge in [0.15, 0.2) is 0 Å². The number of nitrogens with two attached hydrogens (primary N) is 1. The highest BCUT2D eigenvalue weighted by molar-refractivity contribution is 5.03. The maximum Gasteiger partial charge on any atom is 0.0226 e. The molecule has 0 aromatic rings. The molecule has 1 spiro atoms. The summed E-state index contributed by atoms with van der Waals surface area (Å²) in [6.07, 6.45) is 7.08. The molecule has 0 aromatic heterocycles. The zero-order valence-electron chi connectivity index (χ0n) is 8.97. The summed E-state index contributed by atoms with van der Waals surface area (Å²) in [7, 11) is 0. The molecule has 0 bridgehead atoms. The normalized spacial score (nSPS) is 27.9. The van der Waals surface area contributed by atoms with Crippen molar-refractivity contribution in [2.75, 3.05) is 13.1 Å². The minimum atomic E-state index is -0.0209. The highest BCUT2D eigenvalue weighted by atomic mass is 15.2. The smallest absolute Gasteiger partial charge is 0.0226 e. The van der Waals surface area contributed by atoms with Gasteiger partial charge in [0.2, 0.25) is 0 Å². The molecule has 1 saturated heterocycles. The van der Waals surface area contributed by atoms with E-state index in [1.54, 1.807) is 0 Å². The maximum atomic E-state index is 6.07. The Morgan fingerprint density at radius 3 is 2.31 bits per heavy atom. The molecule has 0 atom stereocenters. The lowest BCUT2D eigenvalue weighted by atomic mass is 9.74. The van der Waals surface area contributed by atoms with Crippen LogP contribution in [0.3, 0.4) is 0 Å². The number of likely N-dealkylation sites (tertiary alicyclic amines) is 1. The van der Waals surface area contributed by atoms with E-state index in [2.05, 4.69) is 18.7 Å². The van der Waals surface area contributed by atoms with Crippen LogP contribution in [0.1, 0.15) is 46.0 Å². The molecule has 1 saturated carbocycles. The summed E-state index contributed by atoms with van der Waals surface area (Å²) in [6, 6.07) is 0. The summed E-state index contributed by atoms with van der Waals surface area (Å²) < 4.78 is 0. The number of hydrogen-bond donors (Lipinski definition) is 1. The van der Waals surface area contributed by atoms with Gasteiger partial charge < -0.3 is 5.73 Å². The van der Waals surface area contributed by atoms with Crippen LogP contribution < -0.4 is 5.73 Å². The number of rotatable bonds is 2. The molecule has 0 radical (unpaired) electrons. The molecule has 2 nitrogen and oxygen atoms in total. The Labute approximate surface area is 81.5 Å². The van der Waals surface area contributed by atoms with Crippen LogP contribution in [0, 0.1) is 0 Å². The molecule has 13 heavy (non-hydrogen) atoms. The molecule has 76 valence electrons. The van der Waals surface area contributed by atoms with Gasteiger partial charge in [0.05, 0.1) is 0 Å². The van der Waals surface area contributed by atoms with E-state index in [0.717, 1.165) is 6.54 Å². The van der Waals surface area contributed by atoms with Crippen LogP contribution in [0.2, 0.25) is 0 Å². The molecular weight excluding hydrogens is 160 g/mol. The quantitative estimate of drug-likeness (QED) is 0.705. The Balaban J connectivity index is 1.98. The molecule has 0 amide bonds. The van der Waals surface area contributed by atoms with Crippen molar-refractivity contribution in [3.63, 3.8) is 0 Å². The lowest BCUT2D eigenvalue weighted by Gasteiger charge is -2.48. The zero-order valence-corrected chi connectivity index (χ0v) is 8.97. The third-order valence-electron chi connectivity index (χ3n) is 3.62. The van der Waals surface area contributed by atoms with Crippen LogP contribution >= 0.6 is 0 Å². The number of hydrogen-bond acceptors (Lipinski definition) is 2. The molecular formula is C11H22N2. The van der Waals surface area contributed by atoms with Gasteiger partial charge in [0.1, 0.15) is 0 Å². The van der Waals surface area contributed by atoms with E-state index in [9.17, 15) is 0 Å². The third-order valence-corrected chi connectivity index (χ3v) is 3.62.